The summed E-state index contributed by atoms with van der Waals surface area (Å²) in [5.41, 5.74) is 3.24. The Morgan fingerprint density at radius 2 is 2.17 bits per heavy atom. The van der Waals surface area contributed by atoms with E-state index in [4.69, 9.17) is 9.47 Å². The van der Waals surface area contributed by atoms with Crippen molar-refractivity contribution in [3.63, 3.8) is 0 Å². The van der Waals surface area contributed by atoms with Crippen molar-refractivity contribution in [1.82, 2.24) is 9.88 Å². The van der Waals surface area contributed by atoms with Gasteiger partial charge in [0.05, 0.1) is 27.9 Å². The number of Topliss-reactive ketones (excluding diaryl/α,β-unsaturated/α-hetero) is 1. The lowest BCUT2D eigenvalue weighted by Crippen LogP contribution is -2.52. The fourth-order valence-electron chi connectivity index (χ4n) is 3.61. The highest BCUT2D eigenvalue weighted by Gasteiger charge is 2.33. The highest BCUT2D eigenvalue weighted by atomic mass is 32.1. The van der Waals surface area contributed by atoms with Gasteiger partial charge < -0.3 is 14.4 Å². The van der Waals surface area contributed by atoms with E-state index in [1.54, 1.807) is 21.7 Å². The number of rotatable bonds is 4. The summed E-state index contributed by atoms with van der Waals surface area (Å²) >= 11 is 1.58. The third-order valence-electron chi connectivity index (χ3n) is 5.19. The van der Waals surface area contributed by atoms with Crippen molar-refractivity contribution in [2.75, 3.05) is 26.3 Å². The van der Waals surface area contributed by atoms with Crippen LogP contribution in [0.1, 0.15) is 15.9 Å². The second-order valence-corrected chi connectivity index (χ2v) is 8.20. The second kappa shape index (κ2) is 7.11. The molecule has 0 saturated carbocycles. The monoisotopic (exact) mass is 412 g/mol. The van der Waals surface area contributed by atoms with Crippen LogP contribution < -0.4 is 9.47 Å². The van der Waals surface area contributed by atoms with Crippen molar-refractivity contribution in [2.24, 2.45) is 5.92 Å². The Morgan fingerprint density at radius 1 is 1.31 bits per heavy atom. The molecule has 1 amide bonds. The Labute approximate surface area is 169 Å². The van der Waals surface area contributed by atoms with Gasteiger partial charge in [0.15, 0.2) is 5.78 Å². The molecule has 0 atom stereocenters. The molecule has 0 aliphatic carbocycles. The van der Waals surface area contributed by atoms with Crippen LogP contribution in [-0.4, -0.2) is 47.9 Å². The highest BCUT2D eigenvalue weighted by Crippen LogP contribution is 2.29. The van der Waals surface area contributed by atoms with Gasteiger partial charge >= 0.3 is 0 Å². The number of amides is 1. The molecule has 0 N–H and O–H groups in total. The predicted octanol–water partition coefficient (Wildman–Crippen LogP) is 3.09. The van der Waals surface area contributed by atoms with Gasteiger partial charge in [-0.25, -0.2) is 9.37 Å². The van der Waals surface area contributed by atoms with Gasteiger partial charge in [-0.05, 0) is 18.2 Å². The number of fused-ring (bicyclic) bond motifs is 2. The van der Waals surface area contributed by atoms with E-state index in [1.807, 2.05) is 18.2 Å². The van der Waals surface area contributed by atoms with E-state index in [9.17, 15) is 14.0 Å². The van der Waals surface area contributed by atoms with E-state index in [1.165, 1.54) is 12.1 Å². The number of ether oxygens (including phenoxy) is 2. The first-order valence-corrected chi connectivity index (χ1v) is 10.2. The van der Waals surface area contributed by atoms with Gasteiger partial charge in [-0.3, -0.25) is 9.59 Å². The fraction of sp³-hybridized carbons (Fsp3) is 0.286. The number of aromatic nitrogens is 1. The quantitative estimate of drug-likeness (QED) is 0.659. The van der Waals surface area contributed by atoms with Gasteiger partial charge in [-0.1, -0.05) is 0 Å². The van der Waals surface area contributed by atoms with Crippen LogP contribution in [0.4, 0.5) is 4.39 Å². The average Bonchev–Trinajstić information content (AvgIpc) is 3.14. The van der Waals surface area contributed by atoms with Crippen molar-refractivity contribution >= 4 is 33.2 Å². The van der Waals surface area contributed by atoms with Crippen LogP contribution in [0.2, 0.25) is 0 Å². The van der Waals surface area contributed by atoms with Crippen LogP contribution in [0.25, 0.3) is 10.2 Å². The Kier molecular flexibility index (Phi) is 4.43. The van der Waals surface area contributed by atoms with Crippen LogP contribution in [0.3, 0.4) is 0 Å². The lowest BCUT2D eigenvalue weighted by Gasteiger charge is -2.39. The number of carbonyl (C=O) groups excluding carboxylic acids is 2. The molecule has 6 nitrogen and oxygen atoms in total. The van der Waals surface area contributed by atoms with Crippen LogP contribution >= 0.6 is 11.3 Å². The first-order chi connectivity index (χ1) is 14.1. The SMILES string of the molecule is O=C1COc2cc(F)c(C(=O)N3CC(COc4ccc5scnc5c4)C3)cc2C1. The Bertz CT molecular complexity index is 1120. The van der Waals surface area contributed by atoms with Crippen LogP contribution in [-0.2, 0) is 11.2 Å². The zero-order valence-electron chi connectivity index (χ0n) is 15.4. The van der Waals surface area contributed by atoms with Crippen molar-refractivity contribution < 1.29 is 23.5 Å². The molecule has 0 radical (unpaired) electrons. The lowest BCUT2D eigenvalue weighted by molar-refractivity contribution is -0.121. The van der Waals surface area contributed by atoms with Crippen molar-refractivity contribution in [1.29, 1.82) is 0 Å². The molecule has 1 saturated heterocycles. The van der Waals surface area contributed by atoms with E-state index in [0.29, 0.717) is 31.0 Å². The van der Waals surface area contributed by atoms with E-state index in [-0.39, 0.29) is 36.2 Å². The minimum absolute atomic E-state index is 0.0181. The van der Waals surface area contributed by atoms with Gasteiger partial charge in [0.1, 0.15) is 23.9 Å². The maximum absolute atomic E-state index is 14.4. The van der Waals surface area contributed by atoms with E-state index in [2.05, 4.69) is 4.98 Å². The van der Waals surface area contributed by atoms with Gasteiger partial charge in [0.2, 0.25) is 0 Å². The lowest BCUT2D eigenvalue weighted by atomic mass is 9.97. The fourth-order valence-corrected chi connectivity index (χ4v) is 4.27. The maximum atomic E-state index is 14.4. The zero-order chi connectivity index (χ0) is 20.0. The number of hydrogen-bond donors (Lipinski definition) is 0. The smallest absolute Gasteiger partial charge is 0.256 e. The van der Waals surface area contributed by atoms with Crippen LogP contribution in [0.5, 0.6) is 11.5 Å². The standard InChI is InChI=1S/C21H17FN2O4S/c22-17-6-19-13(3-14(25)10-28-19)4-16(17)21(26)24-7-12(8-24)9-27-15-1-2-20-18(5-15)23-11-29-20/h1-2,4-6,11-12H,3,7-10H2. The summed E-state index contributed by atoms with van der Waals surface area (Å²) in [6, 6.07) is 8.43. The van der Waals surface area contributed by atoms with Gasteiger partial charge in [0, 0.05) is 43.1 Å². The van der Waals surface area contributed by atoms with Gasteiger partial charge in [0.25, 0.3) is 5.91 Å². The summed E-state index contributed by atoms with van der Waals surface area (Å²) in [6.45, 7) is 1.44. The summed E-state index contributed by atoms with van der Waals surface area (Å²) in [5, 5.41) is 0. The summed E-state index contributed by atoms with van der Waals surface area (Å²) in [6.07, 6.45) is 0.162. The first kappa shape index (κ1) is 18.1. The first-order valence-electron chi connectivity index (χ1n) is 9.29. The summed E-state index contributed by atoms with van der Waals surface area (Å²) < 4.78 is 26.5. The van der Waals surface area contributed by atoms with Crippen LogP contribution in [0.15, 0.2) is 35.8 Å². The molecule has 3 aromatic rings. The number of likely N-dealkylation sites (tertiary alicyclic amines) is 1. The molecular weight excluding hydrogens is 395 g/mol. The Hall–Kier alpha value is -3.00. The van der Waals surface area contributed by atoms with Crippen molar-refractivity contribution in [2.45, 2.75) is 6.42 Å². The van der Waals surface area contributed by atoms with Crippen molar-refractivity contribution in [3.8, 4) is 11.5 Å². The van der Waals surface area contributed by atoms with Crippen LogP contribution in [0, 0.1) is 11.7 Å². The molecule has 0 bridgehead atoms. The molecule has 5 rings (SSSR count). The Morgan fingerprint density at radius 3 is 3.03 bits per heavy atom. The molecule has 8 heteroatoms. The topological polar surface area (TPSA) is 68.7 Å². The summed E-state index contributed by atoms with van der Waals surface area (Å²) in [4.78, 5) is 30.1. The number of nitrogens with zero attached hydrogens (tertiary/aromatic N) is 2. The molecule has 3 heterocycles. The maximum Gasteiger partial charge on any atom is 0.256 e. The normalized spacial score (nSPS) is 16.3. The molecule has 1 fully saturated rings. The minimum atomic E-state index is -0.626. The summed E-state index contributed by atoms with van der Waals surface area (Å²) in [5.74, 6) is 0.196. The van der Waals surface area contributed by atoms with E-state index in [0.717, 1.165) is 16.0 Å². The van der Waals surface area contributed by atoms with Gasteiger partial charge in [-0.15, -0.1) is 11.3 Å². The average molecular weight is 412 g/mol. The van der Waals surface area contributed by atoms with Gasteiger partial charge in [-0.2, -0.15) is 0 Å². The number of benzene rings is 2. The number of thiazole rings is 1. The second-order valence-electron chi connectivity index (χ2n) is 7.31. The molecule has 29 heavy (non-hydrogen) atoms. The number of halogens is 1. The number of ketones is 1. The summed E-state index contributed by atoms with van der Waals surface area (Å²) in [7, 11) is 0. The third-order valence-corrected chi connectivity index (χ3v) is 6.00. The molecule has 2 aliphatic heterocycles. The Balaban J connectivity index is 1.20. The molecule has 2 aromatic carbocycles. The number of hydrogen-bond acceptors (Lipinski definition) is 6. The molecule has 0 spiro atoms. The molecule has 1 aromatic heterocycles. The molecule has 148 valence electrons. The van der Waals surface area contributed by atoms with E-state index < -0.39 is 5.82 Å². The van der Waals surface area contributed by atoms with Crippen molar-refractivity contribution in [3.05, 3.63) is 52.8 Å². The third kappa shape index (κ3) is 3.44. The predicted molar refractivity (Wildman–Crippen MR) is 105 cm³/mol. The number of carbonyl (C=O) groups is 2. The molecular formula is C21H17FN2O4S. The molecule has 2 aliphatic rings. The largest absolute Gasteiger partial charge is 0.493 e. The highest BCUT2D eigenvalue weighted by molar-refractivity contribution is 7.16. The van der Waals surface area contributed by atoms with E-state index >= 15 is 0 Å². The molecule has 0 unspecified atom stereocenters. The zero-order valence-corrected chi connectivity index (χ0v) is 16.2. The minimum Gasteiger partial charge on any atom is -0.493 e.